The number of hydrogen-bond donors (Lipinski definition) is 1. The Balaban J connectivity index is 2.78. The molecule has 17 heavy (non-hydrogen) atoms. The molecule has 0 amide bonds. The van der Waals surface area contributed by atoms with Gasteiger partial charge in [-0.3, -0.25) is 10.1 Å². The molecule has 0 aliphatic rings. The van der Waals surface area contributed by atoms with Crippen LogP contribution in [0.5, 0.6) is 0 Å². The molecular formula is C11H17N3O3. The number of benzene rings is 1. The van der Waals surface area contributed by atoms with Crippen molar-refractivity contribution in [1.29, 1.82) is 0 Å². The lowest BCUT2D eigenvalue weighted by Crippen LogP contribution is -2.22. The third-order valence-electron chi connectivity index (χ3n) is 2.35. The number of anilines is 2. The lowest BCUT2D eigenvalue weighted by Gasteiger charge is -2.19. The number of non-ortho nitro benzene ring substituents is 1. The van der Waals surface area contributed by atoms with Crippen molar-refractivity contribution in [3.8, 4) is 0 Å². The minimum atomic E-state index is -0.448. The van der Waals surface area contributed by atoms with Crippen molar-refractivity contribution in [2.45, 2.75) is 6.92 Å². The fourth-order valence-corrected chi connectivity index (χ4v) is 1.42. The van der Waals surface area contributed by atoms with Crippen LogP contribution in [0.4, 0.5) is 17.1 Å². The Morgan fingerprint density at radius 1 is 1.47 bits per heavy atom. The Labute approximate surface area is 100 Å². The van der Waals surface area contributed by atoms with Crippen LogP contribution in [0.3, 0.4) is 0 Å². The molecule has 0 fully saturated rings. The number of nitrogens with two attached hydrogens (primary N) is 1. The summed E-state index contributed by atoms with van der Waals surface area (Å²) in [5, 5.41) is 10.7. The van der Waals surface area contributed by atoms with Crippen molar-refractivity contribution in [2.75, 3.05) is 37.4 Å². The summed E-state index contributed by atoms with van der Waals surface area (Å²) in [5.41, 5.74) is 6.74. The number of nitro groups is 1. The van der Waals surface area contributed by atoms with Gasteiger partial charge >= 0.3 is 0 Å². The first kappa shape index (κ1) is 13.2. The van der Waals surface area contributed by atoms with Crippen molar-refractivity contribution in [3.05, 3.63) is 28.3 Å². The van der Waals surface area contributed by atoms with E-state index < -0.39 is 4.92 Å². The lowest BCUT2D eigenvalue weighted by molar-refractivity contribution is -0.384. The van der Waals surface area contributed by atoms with Gasteiger partial charge in [0.05, 0.1) is 11.5 Å². The van der Waals surface area contributed by atoms with E-state index in [1.54, 1.807) is 6.07 Å². The van der Waals surface area contributed by atoms with Gasteiger partial charge in [-0.1, -0.05) is 0 Å². The number of likely N-dealkylation sites (N-methyl/N-ethyl adjacent to an activating group) is 1. The second-order valence-electron chi connectivity index (χ2n) is 3.66. The van der Waals surface area contributed by atoms with Crippen LogP contribution in [-0.2, 0) is 4.74 Å². The minimum absolute atomic E-state index is 0.00302. The predicted octanol–water partition coefficient (Wildman–Crippen LogP) is 1.65. The fraction of sp³-hybridized carbons (Fsp3) is 0.455. The molecule has 1 rings (SSSR count). The van der Waals surface area contributed by atoms with Crippen LogP contribution in [0.25, 0.3) is 0 Å². The normalized spacial score (nSPS) is 10.2. The zero-order valence-corrected chi connectivity index (χ0v) is 10.0. The fourth-order valence-electron chi connectivity index (χ4n) is 1.42. The molecule has 0 aliphatic heterocycles. The number of hydrogen-bond acceptors (Lipinski definition) is 5. The molecule has 0 aliphatic carbocycles. The highest BCUT2D eigenvalue weighted by atomic mass is 16.6. The summed E-state index contributed by atoms with van der Waals surface area (Å²) < 4.78 is 5.23. The lowest BCUT2D eigenvalue weighted by atomic mass is 10.2. The largest absolute Gasteiger partial charge is 0.398 e. The number of ether oxygens (including phenoxy) is 1. The van der Waals surface area contributed by atoms with E-state index >= 15 is 0 Å². The molecule has 2 N–H and O–H groups in total. The van der Waals surface area contributed by atoms with Crippen molar-refractivity contribution < 1.29 is 9.66 Å². The molecular weight excluding hydrogens is 222 g/mol. The Morgan fingerprint density at radius 2 is 2.18 bits per heavy atom. The molecule has 0 atom stereocenters. The second-order valence-corrected chi connectivity index (χ2v) is 3.66. The third-order valence-corrected chi connectivity index (χ3v) is 2.35. The van der Waals surface area contributed by atoms with Gasteiger partial charge in [-0.05, 0) is 13.0 Å². The minimum Gasteiger partial charge on any atom is -0.398 e. The van der Waals surface area contributed by atoms with Gasteiger partial charge in [0.1, 0.15) is 0 Å². The van der Waals surface area contributed by atoms with Crippen LogP contribution in [-0.4, -0.2) is 31.7 Å². The molecule has 6 nitrogen and oxygen atoms in total. The topological polar surface area (TPSA) is 81.6 Å². The molecule has 0 unspecified atom stereocenters. The molecule has 6 heteroatoms. The highest BCUT2D eigenvalue weighted by Crippen LogP contribution is 2.24. The summed E-state index contributed by atoms with van der Waals surface area (Å²) in [6, 6.07) is 4.56. The number of nitrogen functional groups attached to an aromatic ring is 1. The molecule has 0 spiro atoms. The first-order valence-corrected chi connectivity index (χ1v) is 5.38. The van der Waals surface area contributed by atoms with Gasteiger partial charge in [0.2, 0.25) is 0 Å². The van der Waals surface area contributed by atoms with Crippen molar-refractivity contribution in [1.82, 2.24) is 0 Å². The summed E-state index contributed by atoms with van der Waals surface area (Å²) in [6.45, 7) is 3.82. The van der Waals surface area contributed by atoms with E-state index in [9.17, 15) is 10.1 Å². The van der Waals surface area contributed by atoms with Crippen LogP contribution < -0.4 is 10.6 Å². The van der Waals surface area contributed by atoms with E-state index in [-0.39, 0.29) is 5.69 Å². The number of nitrogens with zero attached hydrogens (tertiary/aromatic N) is 2. The summed E-state index contributed by atoms with van der Waals surface area (Å²) in [7, 11) is 1.84. The smallest absolute Gasteiger partial charge is 0.273 e. The standard InChI is InChI=1S/C11H17N3O3/c1-3-17-5-4-13(2)10-6-9(12)7-11(8-10)14(15)16/h6-8H,3-5,12H2,1-2H3. The first-order chi connectivity index (χ1) is 8.04. The van der Waals surface area contributed by atoms with Gasteiger partial charge in [0.25, 0.3) is 5.69 Å². The number of rotatable bonds is 6. The van der Waals surface area contributed by atoms with Crippen LogP contribution >= 0.6 is 0 Å². The van der Waals surface area contributed by atoms with Gasteiger partial charge < -0.3 is 15.4 Å². The van der Waals surface area contributed by atoms with Crippen molar-refractivity contribution in [2.24, 2.45) is 0 Å². The van der Waals surface area contributed by atoms with Gasteiger partial charge in [-0.2, -0.15) is 0 Å². The number of nitro benzene ring substituents is 1. The molecule has 1 aromatic carbocycles. The van der Waals surface area contributed by atoms with Crippen molar-refractivity contribution >= 4 is 17.1 Å². The van der Waals surface area contributed by atoms with Crippen LogP contribution in [0.15, 0.2) is 18.2 Å². The van der Waals surface area contributed by atoms with E-state index in [0.717, 1.165) is 5.69 Å². The van der Waals surface area contributed by atoms with E-state index in [1.165, 1.54) is 12.1 Å². The van der Waals surface area contributed by atoms with Crippen LogP contribution in [0, 0.1) is 10.1 Å². The summed E-state index contributed by atoms with van der Waals surface area (Å²) in [6.07, 6.45) is 0. The zero-order valence-electron chi connectivity index (χ0n) is 10.0. The monoisotopic (exact) mass is 239 g/mol. The molecule has 94 valence electrons. The average molecular weight is 239 g/mol. The van der Waals surface area contributed by atoms with E-state index in [1.807, 2.05) is 18.9 Å². The Morgan fingerprint density at radius 3 is 2.76 bits per heavy atom. The molecule has 0 saturated carbocycles. The third kappa shape index (κ3) is 3.92. The first-order valence-electron chi connectivity index (χ1n) is 5.38. The van der Waals surface area contributed by atoms with Gasteiger partial charge in [0.15, 0.2) is 0 Å². The summed E-state index contributed by atoms with van der Waals surface area (Å²) in [4.78, 5) is 12.1. The SMILES string of the molecule is CCOCCN(C)c1cc(N)cc([N+](=O)[O-])c1. The maximum Gasteiger partial charge on any atom is 0.273 e. The van der Waals surface area contributed by atoms with Gasteiger partial charge in [-0.25, -0.2) is 0 Å². The van der Waals surface area contributed by atoms with Crippen LogP contribution in [0.1, 0.15) is 6.92 Å². The Hall–Kier alpha value is -1.82. The highest BCUT2D eigenvalue weighted by molar-refractivity contribution is 5.62. The predicted molar refractivity (Wildman–Crippen MR) is 67.3 cm³/mol. The Kier molecular flexibility index (Phi) is 4.71. The summed E-state index contributed by atoms with van der Waals surface area (Å²) in [5.74, 6) is 0. The second kappa shape index (κ2) is 6.05. The van der Waals surface area contributed by atoms with Gasteiger partial charge in [-0.15, -0.1) is 0 Å². The Bertz CT molecular complexity index is 396. The van der Waals surface area contributed by atoms with E-state index in [4.69, 9.17) is 10.5 Å². The molecule has 1 aromatic rings. The van der Waals surface area contributed by atoms with E-state index in [0.29, 0.717) is 25.4 Å². The molecule has 0 heterocycles. The quantitative estimate of drug-likeness (QED) is 0.353. The summed E-state index contributed by atoms with van der Waals surface area (Å²) >= 11 is 0. The molecule has 0 bridgehead atoms. The molecule has 0 aromatic heterocycles. The highest BCUT2D eigenvalue weighted by Gasteiger charge is 2.10. The van der Waals surface area contributed by atoms with Gasteiger partial charge in [0, 0.05) is 43.7 Å². The average Bonchev–Trinajstić information content (AvgIpc) is 2.28. The maximum atomic E-state index is 10.7. The maximum absolute atomic E-state index is 10.7. The van der Waals surface area contributed by atoms with Crippen molar-refractivity contribution in [3.63, 3.8) is 0 Å². The molecule has 0 saturated heterocycles. The zero-order chi connectivity index (χ0) is 12.8. The van der Waals surface area contributed by atoms with E-state index in [2.05, 4.69) is 0 Å². The van der Waals surface area contributed by atoms with Crippen LogP contribution in [0.2, 0.25) is 0 Å². The molecule has 0 radical (unpaired) electrons.